The van der Waals surface area contributed by atoms with Crippen LogP contribution in [-0.2, 0) is 22.7 Å². The van der Waals surface area contributed by atoms with Crippen LogP contribution >= 0.6 is 0 Å². The fraction of sp³-hybridized carbons (Fsp3) is 0.227. The number of nitrogens with zero attached hydrogens (tertiary/aromatic N) is 2. The van der Waals surface area contributed by atoms with Crippen molar-refractivity contribution in [1.29, 1.82) is 0 Å². The number of oxime groups is 1. The van der Waals surface area contributed by atoms with Crippen LogP contribution < -0.4 is 0 Å². The summed E-state index contributed by atoms with van der Waals surface area (Å²) in [6.07, 6.45) is 0.00171. The van der Waals surface area contributed by atoms with Crippen molar-refractivity contribution >= 4 is 11.7 Å². The second-order valence-corrected chi connectivity index (χ2v) is 6.61. The van der Waals surface area contributed by atoms with Gasteiger partial charge < -0.3 is 14.4 Å². The van der Waals surface area contributed by atoms with E-state index in [0.717, 1.165) is 16.7 Å². The third kappa shape index (κ3) is 4.85. The van der Waals surface area contributed by atoms with E-state index in [4.69, 9.17) is 14.4 Å². The van der Waals surface area contributed by atoms with Gasteiger partial charge in [-0.25, -0.2) is 4.98 Å². The van der Waals surface area contributed by atoms with E-state index in [1.165, 1.54) is 5.56 Å². The Balaban J connectivity index is 1.63. The molecule has 0 atom stereocenters. The van der Waals surface area contributed by atoms with Gasteiger partial charge in [0.1, 0.15) is 11.5 Å². The molecule has 0 saturated heterocycles. The molecular weight excluding hydrogens is 356 g/mol. The van der Waals surface area contributed by atoms with Gasteiger partial charge in [0.05, 0.1) is 12.1 Å². The van der Waals surface area contributed by atoms with Crippen LogP contribution in [0.2, 0.25) is 0 Å². The first kappa shape index (κ1) is 19.4. The largest absolute Gasteiger partial charge is 0.481 e. The minimum absolute atomic E-state index is 0.00171. The third-order valence-corrected chi connectivity index (χ3v) is 4.32. The van der Waals surface area contributed by atoms with E-state index in [1.807, 2.05) is 57.2 Å². The number of carboxylic acids is 1. The van der Waals surface area contributed by atoms with Crippen molar-refractivity contribution in [3.8, 4) is 11.5 Å². The minimum Gasteiger partial charge on any atom is -0.481 e. The zero-order valence-electron chi connectivity index (χ0n) is 16.1. The van der Waals surface area contributed by atoms with Crippen LogP contribution in [0.15, 0.2) is 58.1 Å². The summed E-state index contributed by atoms with van der Waals surface area (Å²) in [5.41, 5.74) is 5.10. The monoisotopic (exact) mass is 378 g/mol. The molecule has 0 aliphatic heterocycles. The van der Waals surface area contributed by atoms with Crippen molar-refractivity contribution in [1.82, 2.24) is 4.98 Å². The highest BCUT2D eigenvalue weighted by Crippen LogP contribution is 2.22. The summed E-state index contributed by atoms with van der Waals surface area (Å²) in [7, 11) is 0. The summed E-state index contributed by atoms with van der Waals surface area (Å²) < 4.78 is 5.74. The lowest BCUT2D eigenvalue weighted by atomic mass is 10.1. The van der Waals surface area contributed by atoms with Crippen LogP contribution in [0.3, 0.4) is 0 Å². The predicted molar refractivity (Wildman–Crippen MR) is 106 cm³/mol. The van der Waals surface area contributed by atoms with Gasteiger partial charge in [-0.1, -0.05) is 47.1 Å². The molecule has 0 bridgehead atoms. The fourth-order valence-corrected chi connectivity index (χ4v) is 2.66. The molecule has 0 radical (unpaired) electrons. The van der Waals surface area contributed by atoms with Gasteiger partial charge in [-0.2, -0.15) is 0 Å². The molecule has 6 heteroatoms. The number of rotatable bonds is 7. The molecular formula is C22H22N2O4. The maximum Gasteiger partial charge on any atom is 0.307 e. The van der Waals surface area contributed by atoms with Gasteiger partial charge in [0, 0.05) is 5.56 Å². The average molecular weight is 378 g/mol. The zero-order valence-corrected chi connectivity index (χ0v) is 16.1. The van der Waals surface area contributed by atoms with Crippen LogP contribution in [0.25, 0.3) is 11.5 Å². The van der Waals surface area contributed by atoms with Crippen LogP contribution in [0.1, 0.15) is 35.1 Å². The zero-order chi connectivity index (χ0) is 20.1. The Kier molecular flexibility index (Phi) is 5.89. The Morgan fingerprint density at radius 1 is 1.11 bits per heavy atom. The summed E-state index contributed by atoms with van der Waals surface area (Å²) in [4.78, 5) is 20.7. The van der Waals surface area contributed by atoms with E-state index >= 15 is 0 Å². The molecule has 0 fully saturated rings. The van der Waals surface area contributed by atoms with E-state index in [9.17, 15) is 4.79 Å². The summed E-state index contributed by atoms with van der Waals surface area (Å²) in [5.74, 6) is 0.404. The standard InChI is InChI=1S/C22H22N2O4/c1-14-4-8-19(9-5-14)22-23-20(16(3)28-22)13-27-24-15(2)18-10-6-17(7-11-18)12-21(25)26/h4-11H,12-13H2,1-3H3,(H,25,26)/b24-15+. The first-order valence-corrected chi connectivity index (χ1v) is 8.93. The molecule has 1 aromatic heterocycles. The van der Waals surface area contributed by atoms with Gasteiger partial charge in [0.15, 0.2) is 6.61 Å². The van der Waals surface area contributed by atoms with E-state index in [1.54, 1.807) is 12.1 Å². The van der Waals surface area contributed by atoms with Crippen molar-refractivity contribution in [2.45, 2.75) is 33.8 Å². The lowest BCUT2D eigenvalue weighted by Gasteiger charge is -2.03. The molecule has 1 N–H and O–H groups in total. The average Bonchev–Trinajstić information content (AvgIpc) is 3.03. The number of benzene rings is 2. The van der Waals surface area contributed by atoms with Crippen molar-refractivity contribution < 1.29 is 19.2 Å². The number of carboxylic acid groups (broad SMARTS) is 1. The highest BCUT2D eigenvalue weighted by molar-refractivity contribution is 5.98. The van der Waals surface area contributed by atoms with E-state index in [0.29, 0.717) is 23.1 Å². The normalized spacial score (nSPS) is 11.5. The maximum atomic E-state index is 10.7. The molecule has 0 saturated carbocycles. The molecule has 144 valence electrons. The van der Waals surface area contributed by atoms with Crippen molar-refractivity contribution in [3.63, 3.8) is 0 Å². The van der Waals surface area contributed by atoms with Gasteiger partial charge in [-0.3, -0.25) is 4.79 Å². The lowest BCUT2D eigenvalue weighted by molar-refractivity contribution is -0.136. The first-order valence-electron chi connectivity index (χ1n) is 8.93. The number of aromatic nitrogens is 1. The van der Waals surface area contributed by atoms with Crippen LogP contribution in [0.4, 0.5) is 0 Å². The lowest BCUT2D eigenvalue weighted by Crippen LogP contribution is -2.01. The number of hydrogen-bond donors (Lipinski definition) is 1. The Labute approximate surface area is 163 Å². The Hall–Kier alpha value is -3.41. The second-order valence-electron chi connectivity index (χ2n) is 6.61. The highest BCUT2D eigenvalue weighted by Gasteiger charge is 2.12. The molecule has 6 nitrogen and oxygen atoms in total. The minimum atomic E-state index is -0.852. The summed E-state index contributed by atoms with van der Waals surface area (Å²) in [6, 6.07) is 15.2. The Bertz CT molecular complexity index is 986. The molecule has 0 unspecified atom stereocenters. The summed E-state index contributed by atoms with van der Waals surface area (Å²) in [5, 5.41) is 13.0. The number of hydrogen-bond acceptors (Lipinski definition) is 5. The van der Waals surface area contributed by atoms with Crippen molar-refractivity contribution in [2.75, 3.05) is 0 Å². The van der Waals surface area contributed by atoms with E-state index in [-0.39, 0.29) is 13.0 Å². The smallest absolute Gasteiger partial charge is 0.307 e. The van der Waals surface area contributed by atoms with Crippen molar-refractivity contribution in [3.05, 3.63) is 76.7 Å². The van der Waals surface area contributed by atoms with Gasteiger partial charge in [-0.15, -0.1) is 0 Å². The molecule has 3 aromatic rings. The predicted octanol–water partition coefficient (Wildman–Crippen LogP) is 4.53. The molecule has 28 heavy (non-hydrogen) atoms. The third-order valence-electron chi connectivity index (χ3n) is 4.32. The van der Waals surface area contributed by atoms with Gasteiger partial charge in [0.2, 0.25) is 5.89 Å². The molecule has 3 rings (SSSR count). The van der Waals surface area contributed by atoms with Crippen molar-refractivity contribution in [2.24, 2.45) is 5.16 Å². The molecule has 1 heterocycles. The topological polar surface area (TPSA) is 84.9 Å². The molecule has 0 spiro atoms. The van der Waals surface area contributed by atoms with E-state index in [2.05, 4.69) is 10.1 Å². The van der Waals surface area contributed by atoms with E-state index < -0.39 is 5.97 Å². The molecule has 2 aromatic carbocycles. The van der Waals surface area contributed by atoms with Crippen LogP contribution in [0.5, 0.6) is 0 Å². The number of aryl methyl sites for hydroxylation is 2. The Morgan fingerprint density at radius 3 is 2.43 bits per heavy atom. The highest BCUT2D eigenvalue weighted by atomic mass is 16.6. The SMILES string of the molecule is C/C(=N\OCc1nc(-c2ccc(C)cc2)oc1C)c1ccc(CC(=O)O)cc1. The molecule has 0 aliphatic rings. The second kappa shape index (κ2) is 8.52. The van der Waals surface area contributed by atoms with Crippen LogP contribution in [-0.4, -0.2) is 21.8 Å². The van der Waals surface area contributed by atoms with Gasteiger partial charge in [0.25, 0.3) is 0 Å². The quantitative estimate of drug-likeness (QED) is 0.482. The van der Waals surface area contributed by atoms with Gasteiger partial charge >= 0.3 is 5.97 Å². The number of aliphatic carboxylic acids is 1. The Morgan fingerprint density at radius 2 is 1.79 bits per heavy atom. The first-order chi connectivity index (χ1) is 13.4. The maximum absolute atomic E-state index is 10.7. The fourth-order valence-electron chi connectivity index (χ4n) is 2.66. The summed E-state index contributed by atoms with van der Waals surface area (Å²) in [6.45, 7) is 5.92. The van der Waals surface area contributed by atoms with Crippen LogP contribution in [0, 0.1) is 13.8 Å². The van der Waals surface area contributed by atoms with Gasteiger partial charge in [-0.05, 0) is 44.0 Å². The number of carbonyl (C=O) groups is 1. The number of oxazole rings is 1. The summed E-state index contributed by atoms with van der Waals surface area (Å²) >= 11 is 0. The molecule has 0 amide bonds. The molecule has 0 aliphatic carbocycles.